The van der Waals surface area contributed by atoms with Gasteiger partial charge in [-0.25, -0.2) is 0 Å². The van der Waals surface area contributed by atoms with E-state index in [4.69, 9.17) is 0 Å². The van der Waals surface area contributed by atoms with Crippen LogP contribution in [0.15, 0.2) is 48.5 Å². The first-order valence-corrected chi connectivity index (χ1v) is 8.23. The van der Waals surface area contributed by atoms with Crippen molar-refractivity contribution in [1.82, 2.24) is 4.90 Å². The van der Waals surface area contributed by atoms with Crippen molar-refractivity contribution in [2.45, 2.75) is 26.8 Å². The topological polar surface area (TPSA) is 40.6 Å². The van der Waals surface area contributed by atoms with Gasteiger partial charge in [0.25, 0.3) is 5.91 Å². The molecule has 2 aromatic rings. The van der Waals surface area contributed by atoms with Gasteiger partial charge in [0.2, 0.25) is 5.91 Å². The Hall–Kier alpha value is -2.62. The average Bonchev–Trinajstić information content (AvgIpc) is 2.57. The molecule has 0 bridgehead atoms. The zero-order chi connectivity index (χ0) is 17.3. The Morgan fingerprint density at radius 3 is 2.38 bits per heavy atom. The number of benzene rings is 2. The molecule has 1 aliphatic heterocycles. The summed E-state index contributed by atoms with van der Waals surface area (Å²) in [5, 5.41) is 0. The first-order chi connectivity index (χ1) is 11.5. The number of piperazine rings is 1. The van der Waals surface area contributed by atoms with Crippen molar-refractivity contribution >= 4 is 17.5 Å². The molecule has 0 unspecified atom stereocenters. The van der Waals surface area contributed by atoms with E-state index >= 15 is 0 Å². The van der Waals surface area contributed by atoms with Gasteiger partial charge in [-0.05, 0) is 50.6 Å². The van der Waals surface area contributed by atoms with Crippen LogP contribution in [-0.4, -0.2) is 35.8 Å². The van der Waals surface area contributed by atoms with Crippen LogP contribution < -0.4 is 4.90 Å². The summed E-state index contributed by atoms with van der Waals surface area (Å²) in [4.78, 5) is 28.9. The highest BCUT2D eigenvalue weighted by Gasteiger charge is 2.35. The van der Waals surface area contributed by atoms with Gasteiger partial charge in [-0.15, -0.1) is 0 Å². The molecule has 0 aromatic heterocycles. The lowest BCUT2D eigenvalue weighted by Gasteiger charge is -2.39. The van der Waals surface area contributed by atoms with Crippen molar-refractivity contribution in [2.24, 2.45) is 0 Å². The first-order valence-electron chi connectivity index (χ1n) is 8.23. The third-order valence-corrected chi connectivity index (χ3v) is 4.53. The Balaban J connectivity index is 1.79. The molecule has 2 amide bonds. The van der Waals surface area contributed by atoms with Crippen molar-refractivity contribution < 1.29 is 9.59 Å². The Bertz CT molecular complexity index is 767. The van der Waals surface area contributed by atoms with Gasteiger partial charge in [-0.3, -0.25) is 9.59 Å². The Morgan fingerprint density at radius 1 is 1.00 bits per heavy atom. The number of hydrogen-bond acceptors (Lipinski definition) is 2. The molecule has 3 rings (SSSR count). The second-order valence-electron chi connectivity index (χ2n) is 6.37. The van der Waals surface area contributed by atoms with E-state index in [0.29, 0.717) is 18.7 Å². The Kier molecular flexibility index (Phi) is 4.38. The van der Waals surface area contributed by atoms with E-state index in [0.717, 1.165) is 16.8 Å². The molecule has 1 heterocycles. The maximum Gasteiger partial charge on any atom is 0.254 e. The molecule has 124 valence electrons. The fourth-order valence-corrected chi connectivity index (χ4v) is 3.06. The average molecular weight is 322 g/mol. The third-order valence-electron chi connectivity index (χ3n) is 4.53. The number of anilines is 1. The van der Waals surface area contributed by atoms with Crippen LogP contribution >= 0.6 is 0 Å². The van der Waals surface area contributed by atoms with Gasteiger partial charge in [-0.2, -0.15) is 0 Å². The summed E-state index contributed by atoms with van der Waals surface area (Å²) in [5.41, 5.74) is 3.75. The van der Waals surface area contributed by atoms with E-state index in [1.807, 2.05) is 62.4 Å². The van der Waals surface area contributed by atoms with Crippen LogP contribution in [-0.2, 0) is 4.79 Å². The van der Waals surface area contributed by atoms with Gasteiger partial charge in [0.1, 0.15) is 6.04 Å². The number of carbonyl (C=O) groups is 2. The number of nitrogens with zero attached hydrogens (tertiary/aromatic N) is 2. The highest BCUT2D eigenvalue weighted by molar-refractivity contribution is 6.03. The van der Waals surface area contributed by atoms with Gasteiger partial charge < -0.3 is 9.80 Å². The highest BCUT2D eigenvalue weighted by Crippen LogP contribution is 2.22. The standard InChI is InChI=1S/C20H22N2O2/c1-14-7-9-17(10-8-14)20(24)21-11-12-22(19(23)16(21)3)18-6-4-5-15(2)13-18/h4-10,13,16H,11-12H2,1-3H3/t16-/m1/s1. The number of carbonyl (C=O) groups excluding carboxylic acids is 2. The largest absolute Gasteiger partial charge is 0.325 e. The molecule has 4 heteroatoms. The van der Waals surface area contributed by atoms with Crippen molar-refractivity contribution in [3.05, 3.63) is 65.2 Å². The van der Waals surface area contributed by atoms with Crippen LogP contribution in [0.2, 0.25) is 0 Å². The molecule has 0 radical (unpaired) electrons. The highest BCUT2D eigenvalue weighted by atomic mass is 16.2. The lowest BCUT2D eigenvalue weighted by molar-refractivity contribution is -0.124. The number of aryl methyl sites for hydroxylation is 2. The molecule has 1 saturated heterocycles. The van der Waals surface area contributed by atoms with E-state index in [-0.39, 0.29) is 11.8 Å². The number of hydrogen-bond donors (Lipinski definition) is 0. The molecule has 4 nitrogen and oxygen atoms in total. The summed E-state index contributed by atoms with van der Waals surface area (Å²) in [6.07, 6.45) is 0. The summed E-state index contributed by atoms with van der Waals surface area (Å²) in [7, 11) is 0. The predicted molar refractivity (Wildman–Crippen MR) is 95.2 cm³/mol. The molecular formula is C20H22N2O2. The minimum absolute atomic E-state index is 0.0349. The van der Waals surface area contributed by atoms with Crippen LogP contribution in [0.4, 0.5) is 5.69 Å². The zero-order valence-electron chi connectivity index (χ0n) is 14.3. The van der Waals surface area contributed by atoms with Crippen LogP contribution in [0.25, 0.3) is 0 Å². The second kappa shape index (κ2) is 6.48. The summed E-state index contributed by atoms with van der Waals surface area (Å²) >= 11 is 0. The van der Waals surface area contributed by atoms with E-state index in [1.165, 1.54) is 0 Å². The minimum Gasteiger partial charge on any atom is -0.325 e. The Labute approximate surface area is 142 Å². The molecule has 1 aliphatic rings. The lowest BCUT2D eigenvalue weighted by atomic mass is 10.1. The zero-order valence-corrected chi connectivity index (χ0v) is 14.3. The van der Waals surface area contributed by atoms with Gasteiger partial charge in [0.15, 0.2) is 0 Å². The van der Waals surface area contributed by atoms with Gasteiger partial charge >= 0.3 is 0 Å². The molecule has 24 heavy (non-hydrogen) atoms. The molecule has 2 aromatic carbocycles. The van der Waals surface area contributed by atoms with Crippen molar-refractivity contribution in [3.63, 3.8) is 0 Å². The van der Waals surface area contributed by atoms with Crippen molar-refractivity contribution in [3.8, 4) is 0 Å². The molecule has 0 saturated carbocycles. The molecule has 0 aliphatic carbocycles. The number of amides is 2. The van der Waals surface area contributed by atoms with Crippen LogP contribution in [0.5, 0.6) is 0 Å². The smallest absolute Gasteiger partial charge is 0.254 e. The van der Waals surface area contributed by atoms with Crippen LogP contribution in [0, 0.1) is 13.8 Å². The minimum atomic E-state index is -0.465. The summed E-state index contributed by atoms with van der Waals surface area (Å²) in [6.45, 7) is 6.85. The van der Waals surface area contributed by atoms with E-state index in [9.17, 15) is 9.59 Å². The maximum absolute atomic E-state index is 12.8. The van der Waals surface area contributed by atoms with Gasteiger partial charge in [0.05, 0.1) is 0 Å². The van der Waals surface area contributed by atoms with Crippen LogP contribution in [0.3, 0.4) is 0 Å². The fraction of sp³-hybridized carbons (Fsp3) is 0.300. The first kappa shape index (κ1) is 16.2. The molecule has 1 fully saturated rings. The second-order valence-corrected chi connectivity index (χ2v) is 6.37. The monoisotopic (exact) mass is 322 g/mol. The maximum atomic E-state index is 12.8. The van der Waals surface area contributed by atoms with Gasteiger partial charge in [-0.1, -0.05) is 29.8 Å². The summed E-state index contributed by atoms with van der Waals surface area (Å²) < 4.78 is 0. The van der Waals surface area contributed by atoms with E-state index < -0.39 is 6.04 Å². The molecular weight excluding hydrogens is 300 g/mol. The van der Waals surface area contributed by atoms with E-state index in [1.54, 1.807) is 16.7 Å². The normalized spacial score (nSPS) is 18.0. The van der Waals surface area contributed by atoms with Crippen molar-refractivity contribution in [1.29, 1.82) is 0 Å². The van der Waals surface area contributed by atoms with Crippen LogP contribution in [0.1, 0.15) is 28.4 Å². The summed E-state index contributed by atoms with van der Waals surface area (Å²) in [5.74, 6) is -0.118. The quantitative estimate of drug-likeness (QED) is 0.852. The lowest BCUT2D eigenvalue weighted by Crippen LogP contribution is -2.57. The fourth-order valence-electron chi connectivity index (χ4n) is 3.06. The molecule has 1 atom stereocenters. The summed E-state index contributed by atoms with van der Waals surface area (Å²) in [6, 6.07) is 14.9. The SMILES string of the molecule is Cc1ccc(C(=O)N2CCN(c3cccc(C)c3)C(=O)[C@H]2C)cc1. The van der Waals surface area contributed by atoms with E-state index in [2.05, 4.69) is 0 Å². The predicted octanol–water partition coefficient (Wildman–Crippen LogP) is 3.18. The molecule has 0 N–H and O–H groups in total. The number of rotatable bonds is 2. The molecule has 0 spiro atoms. The Morgan fingerprint density at radius 2 is 1.71 bits per heavy atom. The third kappa shape index (κ3) is 3.04. The van der Waals surface area contributed by atoms with Crippen molar-refractivity contribution in [2.75, 3.05) is 18.0 Å². The van der Waals surface area contributed by atoms with Gasteiger partial charge in [0, 0.05) is 24.3 Å².